The van der Waals surface area contributed by atoms with Gasteiger partial charge >= 0.3 is 0 Å². The van der Waals surface area contributed by atoms with E-state index < -0.39 is 0 Å². The molecule has 1 fully saturated rings. The maximum absolute atomic E-state index is 12.0. The molecule has 0 radical (unpaired) electrons. The molecule has 0 aromatic heterocycles. The Bertz CT molecular complexity index is 358. The number of carbonyl (C=O) groups excluding carboxylic acids is 1. The third kappa shape index (κ3) is 12.4. The molecule has 0 bridgehead atoms. The minimum atomic E-state index is -0.0468. The van der Waals surface area contributed by atoms with Crippen LogP contribution in [0.4, 0.5) is 0 Å². The van der Waals surface area contributed by atoms with Crippen molar-refractivity contribution in [2.45, 2.75) is 109 Å². The van der Waals surface area contributed by atoms with Gasteiger partial charge in [0.2, 0.25) is 5.91 Å². The first kappa shape index (κ1) is 24.4. The summed E-state index contributed by atoms with van der Waals surface area (Å²) in [6.45, 7) is 2.80. The molecule has 0 aliphatic carbocycles. The quantitative estimate of drug-likeness (QED) is 0.260. The summed E-state index contributed by atoms with van der Waals surface area (Å²) in [4.78, 5) is 13.5. The molecule has 2 unspecified atom stereocenters. The van der Waals surface area contributed by atoms with Crippen molar-refractivity contribution in [3.8, 4) is 0 Å². The number of aliphatic hydroxyl groups is 2. The van der Waals surface area contributed by atoms with Crippen molar-refractivity contribution in [3.63, 3.8) is 0 Å². The van der Waals surface area contributed by atoms with Crippen LogP contribution in [-0.4, -0.2) is 59.5 Å². The SMILES string of the molecule is CCCCCCCCC1OC1CCCCCCCC(=O)N(CCO)CCO. The van der Waals surface area contributed by atoms with E-state index in [4.69, 9.17) is 14.9 Å². The summed E-state index contributed by atoms with van der Waals surface area (Å²) in [6, 6.07) is 0. The Morgan fingerprint density at radius 2 is 1.26 bits per heavy atom. The van der Waals surface area contributed by atoms with Crippen LogP contribution in [0.2, 0.25) is 0 Å². The lowest BCUT2D eigenvalue weighted by Crippen LogP contribution is -2.35. The Labute approximate surface area is 166 Å². The van der Waals surface area contributed by atoms with Crippen molar-refractivity contribution in [2.75, 3.05) is 26.3 Å². The van der Waals surface area contributed by atoms with Gasteiger partial charge in [-0.3, -0.25) is 4.79 Å². The van der Waals surface area contributed by atoms with Crippen molar-refractivity contribution >= 4 is 5.91 Å². The van der Waals surface area contributed by atoms with Crippen LogP contribution in [-0.2, 0) is 9.53 Å². The lowest BCUT2D eigenvalue weighted by Gasteiger charge is -2.20. The fourth-order valence-electron chi connectivity index (χ4n) is 3.73. The van der Waals surface area contributed by atoms with Crippen LogP contribution in [0.5, 0.6) is 0 Å². The largest absolute Gasteiger partial charge is 0.395 e. The molecule has 0 saturated carbocycles. The van der Waals surface area contributed by atoms with E-state index in [9.17, 15) is 4.79 Å². The summed E-state index contributed by atoms with van der Waals surface area (Å²) in [5, 5.41) is 17.9. The average molecular weight is 386 g/mol. The maximum Gasteiger partial charge on any atom is 0.222 e. The monoisotopic (exact) mass is 385 g/mol. The van der Waals surface area contributed by atoms with Crippen LogP contribution < -0.4 is 0 Å². The van der Waals surface area contributed by atoms with Crippen molar-refractivity contribution < 1.29 is 19.7 Å². The van der Waals surface area contributed by atoms with Gasteiger partial charge in [0.15, 0.2) is 0 Å². The Kier molecular flexibility index (Phi) is 14.7. The second-order valence-corrected chi connectivity index (χ2v) is 7.90. The number of hydrogen-bond acceptors (Lipinski definition) is 4. The zero-order chi connectivity index (χ0) is 19.7. The summed E-state index contributed by atoms with van der Waals surface area (Å²) in [6.07, 6.45) is 17.7. The van der Waals surface area contributed by atoms with Gasteiger partial charge < -0.3 is 19.8 Å². The topological polar surface area (TPSA) is 73.3 Å². The van der Waals surface area contributed by atoms with E-state index in [-0.39, 0.29) is 19.1 Å². The summed E-state index contributed by atoms with van der Waals surface area (Å²) in [7, 11) is 0. The molecule has 5 nitrogen and oxygen atoms in total. The van der Waals surface area contributed by atoms with Crippen LogP contribution in [0, 0.1) is 0 Å². The van der Waals surface area contributed by atoms with E-state index >= 15 is 0 Å². The Hall–Kier alpha value is -0.650. The number of carbonyl (C=O) groups is 1. The third-order valence-electron chi connectivity index (χ3n) is 5.50. The molecule has 1 aliphatic rings. The fraction of sp³-hybridized carbons (Fsp3) is 0.955. The number of nitrogens with zero attached hydrogens (tertiary/aromatic N) is 1. The Balaban J connectivity index is 1.87. The maximum atomic E-state index is 12.0. The number of unbranched alkanes of at least 4 members (excludes halogenated alkanes) is 9. The summed E-state index contributed by atoms with van der Waals surface area (Å²) in [5.74, 6) is 0.0435. The highest BCUT2D eigenvalue weighted by Crippen LogP contribution is 2.31. The number of amides is 1. The molecule has 27 heavy (non-hydrogen) atoms. The molecule has 1 heterocycles. The number of hydrogen-bond donors (Lipinski definition) is 2. The van der Waals surface area contributed by atoms with Gasteiger partial charge in [-0.1, -0.05) is 71.1 Å². The van der Waals surface area contributed by atoms with E-state index in [0.717, 1.165) is 12.8 Å². The minimum absolute atomic E-state index is 0.0435. The second kappa shape index (κ2) is 16.3. The molecule has 2 N–H and O–H groups in total. The van der Waals surface area contributed by atoms with E-state index in [1.165, 1.54) is 70.6 Å². The van der Waals surface area contributed by atoms with Crippen molar-refractivity contribution in [3.05, 3.63) is 0 Å². The van der Waals surface area contributed by atoms with Crippen LogP contribution in [0.3, 0.4) is 0 Å². The predicted octanol–water partition coefficient (Wildman–Crippen LogP) is 4.05. The predicted molar refractivity (Wildman–Crippen MR) is 110 cm³/mol. The fourth-order valence-corrected chi connectivity index (χ4v) is 3.73. The minimum Gasteiger partial charge on any atom is -0.395 e. The average Bonchev–Trinajstić information content (AvgIpc) is 3.41. The normalized spacial score (nSPS) is 18.6. The highest BCUT2D eigenvalue weighted by atomic mass is 16.6. The molecular formula is C22H43NO4. The van der Waals surface area contributed by atoms with Crippen LogP contribution in [0.15, 0.2) is 0 Å². The smallest absolute Gasteiger partial charge is 0.222 e. The highest BCUT2D eigenvalue weighted by molar-refractivity contribution is 5.76. The van der Waals surface area contributed by atoms with Crippen LogP contribution >= 0.6 is 0 Å². The van der Waals surface area contributed by atoms with Gasteiger partial charge in [-0.25, -0.2) is 0 Å². The van der Waals surface area contributed by atoms with Crippen molar-refractivity contribution in [1.29, 1.82) is 0 Å². The van der Waals surface area contributed by atoms with E-state index in [0.29, 0.717) is 31.7 Å². The molecule has 1 rings (SSSR count). The lowest BCUT2D eigenvalue weighted by molar-refractivity contribution is -0.132. The molecular weight excluding hydrogens is 342 g/mol. The van der Waals surface area contributed by atoms with Gasteiger partial charge in [0.05, 0.1) is 25.4 Å². The Morgan fingerprint density at radius 3 is 1.78 bits per heavy atom. The van der Waals surface area contributed by atoms with E-state index in [2.05, 4.69) is 6.92 Å². The van der Waals surface area contributed by atoms with Crippen LogP contribution in [0.25, 0.3) is 0 Å². The standard InChI is InChI=1S/C22H43NO4/c1-2-3-4-5-7-10-13-20-21(27-20)14-11-8-6-9-12-15-22(26)23(16-18-24)17-19-25/h20-21,24-25H,2-19H2,1H3. The first-order chi connectivity index (χ1) is 13.2. The number of rotatable bonds is 19. The van der Waals surface area contributed by atoms with Gasteiger partial charge in [-0.15, -0.1) is 0 Å². The molecule has 5 heteroatoms. The molecule has 1 amide bonds. The van der Waals surface area contributed by atoms with Gasteiger partial charge in [0, 0.05) is 19.5 Å². The van der Waals surface area contributed by atoms with E-state index in [1.807, 2.05) is 0 Å². The first-order valence-electron chi connectivity index (χ1n) is 11.4. The summed E-state index contributed by atoms with van der Waals surface area (Å²) >= 11 is 0. The summed E-state index contributed by atoms with van der Waals surface area (Å²) in [5.41, 5.74) is 0. The number of ether oxygens (including phenoxy) is 1. The first-order valence-corrected chi connectivity index (χ1v) is 11.4. The van der Waals surface area contributed by atoms with Crippen molar-refractivity contribution in [2.24, 2.45) is 0 Å². The van der Waals surface area contributed by atoms with Crippen LogP contribution in [0.1, 0.15) is 96.8 Å². The Morgan fingerprint density at radius 1 is 0.778 bits per heavy atom. The molecule has 1 saturated heterocycles. The molecule has 160 valence electrons. The molecule has 0 aromatic rings. The van der Waals surface area contributed by atoms with Gasteiger partial charge in [0.25, 0.3) is 0 Å². The van der Waals surface area contributed by atoms with Gasteiger partial charge in [-0.2, -0.15) is 0 Å². The second-order valence-electron chi connectivity index (χ2n) is 7.90. The molecule has 0 spiro atoms. The molecule has 0 aromatic carbocycles. The number of epoxide rings is 1. The number of aliphatic hydroxyl groups excluding tert-OH is 2. The summed E-state index contributed by atoms with van der Waals surface area (Å²) < 4.78 is 5.79. The zero-order valence-electron chi connectivity index (χ0n) is 17.5. The highest BCUT2D eigenvalue weighted by Gasteiger charge is 2.36. The third-order valence-corrected chi connectivity index (χ3v) is 5.50. The lowest BCUT2D eigenvalue weighted by atomic mass is 10.0. The molecule has 1 aliphatic heterocycles. The zero-order valence-corrected chi connectivity index (χ0v) is 17.5. The van der Waals surface area contributed by atoms with E-state index in [1.54, 1.807) is 4.90 Å². The van der Waals surface area contributed by atoms with Gasteiger partial charge in [0.1, 0.15) is 0 Å². The van der Waals surface area contributed by atoms with Gasteiger partial charge in [-0.05, 0) is 19.3 Å². The molecule has 2 atom stereocenters. The van der Waals surface area contributed by atoms with Crippen molar-refractivity contribution in [1.82, 2.24) is 4.90 Å².